The number of carbonyl (C=O) groups excluding carboxylic acids is 3. The maximum absolute atomic E-state index is 13.3. The second-order valence-corrected chi connectivity index (χ2v) is 9.90. The monoisotopic (exact) mass is 466 g/mol. The summed E-state index contributed by atoms with van der Waals surface area (Å²) in [4.78, 5) is 39.5. The van der Waals surface area contributed by atoms with Gasteiger partial charge in [-0.3, -0.25) is 9.59 Å². The number of sulfonamides is 1. The van der Waals surface area contributed by atoms with Crippen molar-refractivity contribution in [3.8, 4) is 0 Å². The molecule has 0 saturated carbocycles. The minimum absolute atomic E-state index is 0.0152. The van der Waals surface area contributed by atoms with Crippen molar-refractivity contribution in [1.29, 1.82) is 0 Å². The molecule has 2 amide bonds. The number of rotatable bonds is 6. The van der Waals surface area contributed by atoms with Crippen molar-refractivity contribution in [3.63, 3.8) is 0 Å². The maximum atomic E-state index is 13.3. The normalized spacial score (nSPS) is 21.6. The Bertz CT molecular complexity index is 933. The molecule has 10 nitrogen and oxygen atoms in total. The van der Waals surface area contributed by atoms with Gasteiger partial charge in [0.2, 0.25) is 21.8 Å². The molecule has 1 aromatic carbocycles. The second kappa shape index (κ2) is 10.4. The minimum Gasteiger partial charge on any atom is -0.467 e. The third-order valence-corrected chi connectivity index (χ3v) is 7.82. The van der Waals surface area contributed by atoms with E-state index in [2.05, 4.69) is 15.4 Å². The van der Waals surface area contributed by atoms with E-state index in [-0.39, 0.29) is 36.4 Å². The fourth-order valence-electron chi connectivity index (χ4n) is 4.07. The molecule has 2 aliphatic rings. The van der Waals surface area contributed by atoms with Gasteiger partial charge in [-0.2, -0.15) is 4.31 Å². The summed E-state index contributed by atoms with van der Waals surface area (Å²) < 4.78 is 32.4. The van der Waals surface area contributed by atoms with Crippen molar-refractivity contribution in [2.24, 2.45) is 5.92 Å². The van der Waals surface area contributed by atoms with Gasteiger partial charge in [-0.15, -0.1) is 0 Å². The average Bonchev–Trinajstić information content (AvgIpc) is 2.83. The predicted molar refractivity (Wildman–Crippen MR) is 116 cm³/mol. The molecule has 0 unspecified atom stereocenters. The van der Waals surface area contributed by atoms with Crippen molar-refractivity contribution < 1.29 is 27.5 Å². The van der Waals surface area contributed by atoms with E-state index in [1.807, 2.05) is 0 Å². The van der Waals surface area contributed by atoms with E-state index >= 15 is 0 Å². The maximum Gasteiger partial charge on any atom is 0.328 e. The molecule has 0 radical (unpaired) electrons. The first-order chi connectivity index (χ1) is 15.3. The van der Waals surface area contributed by atoms with Gasteiger partial charge in [-0.05, 0) is 45.0 Å². The molecule has 11 heteroatoms. The molecule has 32 heavy (non-hydrogen) atoms. The van der Waals surface area contributed by atoms with E-state index in [9.17, 15) is 22.8 Å². The summed E-state index contributed by atoms with van der Waals surface area (Å²) in [5.41, 5.74) is 0. The summed E-state index contributed by atoms with van der Waals surface area (Å²) in [7, 11) is -2.78. The fraction of sp³-hybridized carbons (Fsp3) is 0.571. The average molecular weight is 467 g/mol. The molecule has 1 aromatic rings. The zero-order chi connectivity index (χ0) is 23.3. The molecule has 2 aliphatic heterocycles. The Morgan fingerprint density at radius 3 is 2.41 bits per heavy atom. The SMILES string of the molecule is COC(=O)[C@@H](C)NC(=O)[C@@H]1CN(C(=O)C2CCNCC2)CCN1S(=O)(=O)c1ccccc1. The second-order valence-electron chi connectivity index (χ2n) is 8.01. The molecular weight excluding hydrogens is 436 g/mol. The smallest absolute Gasteiger partial charge is 0.328 e. The lowest BCUT2D eigenvalue weighted by Gasteiger charge is -2.41. The number of piperazine rings is 1. The van der Waals surface area contributed by atoms with Crippen LogP contribution in [-0.2, 0) is 29.1 Å². The zero-order valence-electron chi connectivity index (χ0n) is 18.3. The molecule has 2 heterocycles. The first-order valence-electron chi connectivity index (χ1n) is 10.7. The molecule has 2 fully saturated rings. The highest BCUT2D eigenvalue weighted by Gasteiger charge is 2.42. The standard InChI is InChI=1S/C21H30N4O6S/c1-15(21(28)31-2)23-19(26)18-14-24(20(27)16-8-10-22-11-9-16)12-13-25(18)32(29,30)17-6-4-3-5-7-17/h3-7,15-16,18,22H,8-14H2,1-2H3,(H,23,26)/t15-,18+/m1/s1. The zero-order valence-corrected chi connectivity index (χ0v) is 19.1. The number of benzene rings is 1. The van der Waals surface area contributed by atoms with E-state index in [4.69, 9.17) is 0 Å². The summed E-state index contributed by atoms with van der Waals surface area (Å²) in [6.45, 7) is 3.07. The van der Waals surface area contributed by atoms with Gasteiger partial charge in [0.05, 0.1) is 12.0 Å². The van der Waals surface area contributed by atoms with Gasteiger partial charge < -0.3 is 20.3 Å². The van der Waals surface area contributed by atoms with Gasteiger partial charge >= 0.3 is 5.97 Å². The Morgan fingerprint density at radius 1 is 1.12 bits per heavy atom. The lowest BCUT2D eigenvalue weighted by Crippen LogP contribution is -2.63. The molecule has 2 saturated heterocycles. The molecule has 2 atom stereocenters. The summed E-state index contributed by atoms with van der Waals surface area (Å²) in [5.74, 6) is -1.51. The molecular formula is C21H30N4O6S. The summed E-state index contributed by atoms with van der Waals surface area (Å²) in [6, 6.07) is 5.74. The van der Waals surface area contributed by atoms with Crippen LogP contribution in [0.2, 0.25) is 0 Å². The highest BCUT2D eigenvalue weighted by Crippen LogP contribution is 2.24. The van der Waals surface area contributed by atoms with Crippen LogP contribution in [0.25, 0.3) is 0 Å². The van der Waals surface area contributed by atoms with Crippen LogP contribution >= 0.6 is 0 Å². The van der Waals surface area contributed by atoms with Gasteiger partial charge in [0.25, 0.3) is 0 Å². The highest BCUT2D eigenvalue weighted by molar-refractivity contribution is 7.89. The van der Waals surface area contributed by atoms with Crippen molar-refractivity contribution in [1.82, 2.24) is 19.8 Å². The van der Waals surface area contributed by atoms with Crippen LogP contribution in [0.1, 0.15) is 19.8 Å². The predicted octanol–water partition coefficient (Wildman–Crippen LogP) is -0.435. The van der Waals surface area contributed by atoms with E-state index in [1.165, 1.54) is 26.2 Å². The number of hydrogen-bond acceptors (Lipinski definition) is 7. The van der Waals surface area contributed by atoms with Crippen LogP contribution in [0.4, 0.5) is 0 Å². The number of methoxy groups -OCH3 is 1. The van der Waals surface area contributed by atoms with Gasteiger partial charge in [0.15, 0.2) is 0 Å². The molecule has 3 rings (SSSR count). The van der Waals surface area contributed by atoms with Crippen LogP contribution in [-0.4, -0.2) is 87.3 Å². The van der Waals surface area contributed by atoms with Gasteiger partial charge in [0, 0.05) is 25.6 Å². The number of hydrogen-bond donors (Lipinski definition) is 2. The summed E-state index contributed by atoms with van der Waals surface area (Å²) in [5, 5.41) is 5.74. The van der Waals surface area contributed by atoms with Gasteiger partial charge in [0.1, 0.15) is 12.1 Å². The summed E-state index contributed by atoms with van der Waals surface area (Å²) >= 11 is 0. The third kappa shape index (κ3) is 5.28. The lowest BCUT2D eigenvalue weighted by atomic mass is 9.96. The van der Waals surface area contributed by atoms with E-state index in [0.29, 0.717) is 12.8 Å². The molecule has 0 spiro atoms. The van der Waals surface area contributed by atoms with Crippen LogP contribution in [0.3, 0.4) is 0 Å². The van der Waals surface area contributed by atoms with Gasteiger partial charge in [-0.25, -0.2) is 13.2 Å². The molecule has 0 aromatic heterocycles. The molecule has 176 valence electrons. The van der Waals surface area contributed by atoms with Crippen molar-refractivity contribution in [2.75, 3.05) is 39.8 Å². The third-order valence-electron chi connectivity index (χ3n) is 5.90. The Kier molecular flexibility index (Phi) is 7.86. The van der Waals surface area contributed by atoms with Crippen molar-refractivity contribution in [3.05, 3.63) is 30.3 Å². The van der Waals surface area contributed by atoms with Crippen LogP contribution < -0.4 is 10.6 Å². The molecule has 0 aliphatic carbocycles. The van der Waals surface area contributed by atoms with Crippen LogP contribution in [0.15, 0.2) is 35.2 Å². The Labute approximate surface area is 188 Å². The van der Waals surface area contributed by atoms with E-state index in [1.54, 1.807) is 23.1 Å². The largest absolute Gasteiger partial charge is 0.467 e. The molecule has 0 bridgehead atoms. The van der Waals surface area contributed by atoms with Crippen LogP contribution in [0.5, 0.6) is 0 Å². The van der Waals surface area contributed by atoms with E-state index < -0.39 is 34.0 Å². The van der Waals surface area contributed by atoms with E-state index in [0.717, 1.165) is 17.4 Å². The van der Waals surface area contributed by atoms with Crippen molar-refractivity contribution in [2.45, 2.75) is 36.7 Å². The van der Waals surface area contributed by atoms with Crippen LogP contribution in [0, 0.1) is 5.92 Å². The number of esters is 1. The Hall–Kier alpha value is -2.50. The lowest BCUT2D eigenvalue weighted by molar-refractivity contribution is -0.146. The van der Waals surface area contributed by atoms with Gasteiger partial charge in [-0.1, -0.05) is 18.2 Å². The minimum atomic E-state index is -3.98. The number of nitrogens with one attached hydrogen (secondary N) is 2. The number of amides is 2. The quantitative estimate of drug-likeness (QED) is 0.545. The van der Waals surface area contributed by atoms with Crippen molar-refractivity contribution >= 4 is 27.8 Å². The Morgan fingerprint density at radius 2 is 1.78 bits per heavy atom. The Balaban J connectivity index is 1.85. The number of ether oxygens (including phenoxy) is 1. The number of nitrogens with zero attached hydrogens (tertiary/aromatic N) is 2. The first kappa shape index (κ1) is 24.1. The summed E-state index contributed by atoms with van der Waals surface area (Å²) in [6.07, 6.45) is 1.41. The first-order valence-corrected chi connectivity index (χ1v) is 12.1. The molecule has 2 N–H and O–H groups in total. The number of piperidine rings is 1. The highest BCUT2D eigenvalue weighted by atomic mass is 32.2. The fourth-order valence-corrected chi connectivity index (χ4v) is 5.66. The number of carbonyl (C=O) groups is 3. The topological polar surface area (TPSA) is 125 Å².